The summed E-state index contributed by atoms with van der Waals surface area (Å²) in [4.78, 5) is 8.25. The molecule has 8 nitrogen and oxygen atoms in total. The van der Waals surface area contributed by atoms with Gasteiger partial charge < -0.3 is 28.6 Å². The van der Waals surface area contributed by atoms with Crippen LogP contribution in [0.3, 0.4) is 0 Å². The first kappa shape index (κ1) is 32.4. The highest BCUT2D eigenvalue weighted by Gasteiger charge is 2.39. The van der Waals surface area contributed by atoms with E-state index in [-0.39, 0.29) is 0 Å². The third-order valence-electron chi connectivity index (χ3n) is 5.54. The Morgan fingerprint density at radius 1 is 0.765 bits per heavy atom. The molecule has 1 heterocycles. The molecule has 0 fully saturated rings. The molecule has 0 aliphatic carbocycles. The number of hydrogen-bond donors (Lipinski definition) is 0. The molecule has 0 unspecified atom stereocenters. The van der Waals surface area contributed by atoms with Crippen LogP contribution in [0.15, 0.2) is 24.5 Å². The highest BCUT2D eigenvalue weighted by molar-refractivity contribution is 6.60. The molecule has 0 atom stereocenters. The molecule has 0 radical (unpaired) electrons. The van der Waals surface area contributed by atoms with Gasteiger partial charge in [0.05, 0.1) is 5.09 Å². The van der Waals surface area contributed by atoms with Crippen LogP contribution < -0.4 is 4.57 Å². The van der Waals surface area contributed by atoms with Crippen molar-refractivity contribution in [3.8, 4) is 0 Å². The number of unbranched alkanes of at least 4 members (excludes halogenated alkanes) is 9. The van der Waals surface area contributed by atoms with Crippen molar-refractivity contribution in [3.63, 3.8) is 0 Å². The molecule has 0 aliphatic rings. The fourth-order valence-electron chi connectivity index (χ4n) is 3.88. The molecular formula is C25H48N2O6Si. The van der Waals surface area contributed by atoms with Crippen LogP contribution in [-0.4, -0.2) is 33.7 Å². The van der Waals surface area contributed by atoms with Crippen LogP contribution in [0.1, 0.15) is 97.5 Å². The molecular weight excluding hydrogens is 452 g/mol. The van der Waals surface area contributed by atoms with E-state index in [4.69, 9.17) is 28.6 Å². The van der Waals surface area contributed by atoms with E-state index in [1.807, 2.05) is 20.8 Å². The molecule has 198 valence electrons. The van der Waals surface area contributed by atoms with Crippen molar-refractivity contribution in [1.82, 2.24) is 0 Å². The zero-order valence-corrected chi connectivity index (χ0v) is 23.0. The van der Waals surface area contributed by atoms with Gasteiger partial charge >= 0.3 is 8.80 Å². The van der Waals surface area contributed by atoms with Crippen LogP contribution in [0.4, 0.5) is 0 Å². The molecule has 1 rings (SSSR count). The van der Waals surface area contributed by atoms with Gasteiger partial charge in [-0.1, -0.05) is 58.3 Å². The summed E-state index contributed by atoms with van der Waals surface area (Å²) in [5.41, 5.74) is 1.32. The van der Waals surface area contributed by atoms with Crippen molar-refractivity contribution >= 4 is 8.80 Å². The van der Waals surface area contributed by atoms with E-state index in [1.165, 1.54) is 69.8 Å². The lowest BCUT2D eigenvalue weighted by Gasteiger charge is -2.28. The van der Waals surface area contributed by atoms with E-state index in [0.717, 1.165) is 19.0 Å². The molecule has 34 heavy (non-hydrogen) atoms. The topological polar surface area (TPSA) is 97.8 Å². The van der Waals surface area contributed by atoms with Crippen LogP contribution in [0.2, 0.25) is 6.04 Å². The van der Waals surface area contributed by atoms with E-state index in [9.17, 15) is 0 Å². The standard InChI is InChI=1S/C25H48NO3Si.NO3/c1-5-9-10-11-12-13-14-15-16-17-21-26-22-18-25(19-23-26)20-24-30(27-6-2,28-7-3)29-8-4;2-1(3)4/h18-19,22-23H,5-17,20-21,24H2,1-4H3;/q+1;-1. The van der Waals surface area contributed by atoms with Crippen LogP contribution >= 0.6 is 0 Å². The van der Waals surface area contributed by atoms with Crippen molar-refractivity contribution in [2.24, 2.45) is 0 Å². The largest absolute Gasteiger partial charge is 0.501 e. The van der Waals surface area contributed by atoms with E-state index in [1.54, 1.807) is 0 Å². The fourth-order valence-corrected chi connectivity index (χ4v) is 6.48. The molecule has 0 saturated carbocycles. The quantitative estimate of drug-likeness (QED) is 0.0690. The molecule has 0 amide bonds. The Morgan fingerprint density at radius 2 is 1.18 bits per heavy atom. The van der Waals surface area contributed by atoms with Crippen LogP contribution in [0, 0.1) is 15.3 Å². The first-order valence-corrected chi connectivity index (χ1v) is 15.1. The van der Waals surface area contributed by atoms with Gasteiger partial charge in [0.25, 0.3) is 0 Å². The van der Waals surface area contributed by atoms with E-state index >= 15 is 0 Å². The summed E-state index contributed by atoms with van der Waals surface area (Å²) in [5.74, 6) is 0. The summed E-state index contributed by atoms with van der Waals surface area (Å²) < 4.78 is 20.2. The van der Waals surface area contributed by atoms with Crippen molar-refractivity contribution in [1.29, 1.82) is 0 Å². The van der Waals surface area contributed by atoms with Crippen LogP contribution in [-0.2, 0) is 26.2 Å². The molecule has 0 spiro atoms. The summed E-state index contributed by atoms with van der Waals surface area (Å²) in [7, 11) is -2.55. The second-order valence-corrected chi connectivity index (χ2v) is 11.1. The van der Waals surface area contributed by atoms with Gasteiger partial charge in [0.2, 0.25) is 0 Å². The molecule has 0 N–H and O–H groups in total. The van der Waals surface area contributed by atoms with Gasteiger partial charge in [0, 0.05) is 44.4 Å². The van der Waals surface area contributed by atoms with E-state index in [2.05, 4.69) is 36.0 Å². The normalized spacial score (nSPS) is 11.2. The number of rotatable bonds is 20. The van der Waals surface area contributed by atoms with E-state index in [0.29, 0.717) is 19.8 Å². The van der Waals surface area contributed by atoms with Gasteiger partial charge in [-0.15, -0.1) is 0 Å². The van der Waals surface area contributed by atoms with Gasteiger partial charge in [-0.25, -0.2) is 4.57 Å². The summed E-state index contributed by atoms with van der Waals surface area (Å²) in [6, 6.07) is 5.31. The molecule has 0 bridgehead atoms. The van der Waals surface area contributed by atoms with Crippen LogP contribution in [0.5, 0.6) is 0 Å². The summed E-state index contributed by atoms with van der Waals surface area (Å²) >= 11 is 0. The Bertz CT molecular complexity index is 583. The fraction of sp³-hybridized carbons (Fsp3) is 0.800. The predicted octanol–water partition coefficient (Wildman–Crippen LogP) is 6.25. The Morgan fingerprint density at radius 3 is 1.59 bits per heavy atom. The number of aryl methyl sites for hydroxylation is 2. The first-order valence-electron chi connectivity index (χ1n) is 13.1. The summed E-state index contributed by atoms with van der Waals surface area (Å²) in [6.07, 6.45) is 19.2. The molecule has 0 saturated heterocycles. The minimum Gasteiger partial charge on any atom is -0.374 e. The smallest absolute Gasteiger partial charge is 0.374 e. The SMILES string of the molecule is CCCCCCCCCCCC[n+]1ccc(CC[Si](OCC)(OCC)OCC)cc1.O=[N+]([O-])[O-]. The second-order valence-electron chi connectivity index (χ2n) is 8.33. The third kappa shape index (κ3) is 17.9. The van der Waals surface area contributed by atoms with Gasteiger partial charge in [0.15, 0.2) is 12.4 Å². The molecule has 1 aromatic rings. The molecule has 0 aromatic carbocycles. The van der Waals surface area contributed by atoms with Gasteiger partial charge in [-0.2, -0.15) is 0 Å². The highest BCUT2D eigenvalue weighted by Crippen LogP contribution is 2.19. The average Bonchev–Trinajstić information content (AvgIpc) is 2.80. The van der Waals surface area contributed by atoms with E-state index < -0.39 is 13.9 Å². The molecule has 1 aromatic heterocycles. The Kier molecular flexibility index (Phi) is 20.9. The Balaban J connectivity index is 0.00000251. The zero-order chi connectivity index (χ0) is 25.5. The van der Waals surface area contributed by atoms with Crippen LogP contribution in [0.25, 0.3) is 0 Å². The minimum absolute atomic E-state index is 0.639. The number of hydrogen-bond acceptors (Lipinski definition) is 6. The van der Waals surface area contributed by atoms with Crippen molar-refractivity contribution in [2.75, 3.05) is 19.8 Å². The lowest BCUT2D eigenvalue weighted by Crippen LogP contribution is -2.46. The van der Waals surface area contributed by atoms with Gasteiger partial charge in [0.1, 0.15) is 6.54 Å². The van der Waals surface area contributed by atoms with Crippen molar-refractivity contribution in [3.05, 3.63) is 45.4 Å². The second kappa shape index (κ2) is 21.9. The number of pyridine rings is 1. The average molecular weight is 501 g/mol. The maximum Gasteiger partial charge on any atom is 0.501 e. The number of nitrogens with zero attached hydrogens (tertiary/aromatic N) is 2. The lowest BCUT2D eigenvalue weighted by atomic mass is 10.1. The minimum atomic E-state index is -2.55. The maximum absolute atomic E-state index is 8.25. The van der Waals surface area contributed by atoms with Gasteiger partial charge in [-0.3, -0.25) is 0 Å². The lowest BCUT2D eigenvalue weighted by molar-refractivity contribution is -0.697. The predicted molar refractivity (Wildman–Crippen MR) is 138 cm³/mol. The van der Waals surface area contributed by atoms with Crippen molar-refractivity contribution < 1.29 is 22.9 Å². The summed E-state index contributed by atoms with van der Waals surface area (Å²) in [6.45, 7) is 11.4. The van der Waals surface area contributed by atoms with Gasteiger partial charge in [-0.05, 0) is 39.2 Å². The maximum atomic E-state index is 8.25. The third-order valence-corrected chi connectivity index (χ3v) is 8.59. The molecule has 9 heteroatoms. The monoisotopic (exact) mass is 500 g/mol. The highest BCUT2D eigenvalue weighted by atomic mass is 28.4. The Labute approximate surface area is 208 Å². The summed E-state index contributed by atoms with van der Waals surface area (Å²) in [5, 5.41) is 14.8. The number of aromatic nitrogens is 1. The zero-order valence-electron chi connectivity index (χ0n) is 22.0. The Hall–Kier alpha value is -1.55. The molecule has 0 aliphatic heterocycles. The van der Waals surface area contributed by atoms with Crippen molar-refractivity contribution in [2.45, 2.75) is 111 Å². The first-order chi connectivity index (χ1) is 16.4.